The molecule has 0 radical (unpaired) electrons. The van der Waals surface area contributed by atoms with Crippen molar-refractivity contribution in [3.05, 3.63) is 59.7 Å². The van der Waals surface area contributed by atoms with Crippen molar-refractivity contribution in [1.29, 1.82) is 0 Å². The summed E-state index contributed by atoms with van der Waals surface area (Å²) < 4.78 is 0. The van der Waals surface area contributed by atoms with Gasteiger partial charge >= 0.3 is 0 Å². The fourth-order valence-corrected chi connectivity index (χ4v) is 1.74. The first-order valence-electron chi connectivity index (χ1n) is 6.14. The van der Waals surface area contributed by atoms with E-state index in [2.05, 4.69) is 72.7 Å². The Hall–Kier alpha value is -2.09. The van der Waals surface area contributed by atoms with Crippen LogP contribution >= 0.6 is 0 Å². The molecule has 0 aliphatic heterocycles. The van der Waals surface area contributed by atoms with E-state index < -0.39 is 0 Å². The van der Waals surface area contributed by atoms with Crippen LogP contribution in [0.3, 0.4) is 0 Å². The lowest BCUT2D eigenvalue weighted by Gasteiger charge is -2.00. The van der Waals surface area contributed by atoms with Crippen molar-refractivity contribution in [2.75, 3.05) is 5.32 Å². The molecule has 2 heteroatoms. The summed E-state index contributed by atoms with van der Waals surface area (Å²) in [5, 5.41) is 3.34. The van der Waals surface area contributed by atoms with Gasteiger partial charge in [0.05, 0.1) is 0 Å². The monoisotopic (exact) mass is 239 g/mol. The molecule has 0 heterocycles. The van der Waals surface area contributed by atoms with Crippen LogP contribution in [0.5, 0.6) is 0 Å². The number of hydrogen-bond acceptors (Lipinski definition) is 0. The highest BCUT2D eigenvalue weighted by Gasteiger charge is 2.01. The lowest BCUT2D eigenvalue weighted by molar-refractivity contribution is -0.354. The summed E-state index contributed by atoms with van der Waals surface area (Å²) in [5.74, 6) is 1.02. The minimum absolute atomic E-state index is 1.02. The highest BCUT2D eigenvalue weighted by Crippen LogP contribution is 2.07. The Balaban J connectivity index is 2.09. The molecule has 0 amide bonds. The van der Waals surface area contributed by atoms with Crippen molar-refractivity contribution in [3.8, 4) is 0 Å². The van der Waals surface area contributed by atoms with Gasteiger partial charge in [-0.05, 0) is 38.1 Å². The number of rotatable bonds is 2. The van der Waals surface area contributed by atoms with Gasteiger partial charge in [-0.15, -0.1) is 0 Å². The van der Waals surface area contributed by atoms with E-state index in [-0.39, 0.29) is 0 Å². The SMILES string of the molecule is CC(Nc1ccc(C)cc1)=[NH+]c1ccc(C)cc1. The second-order valence-corrected chi connectivity index (χ2v) is 4.61. The van der Waals surface area contributed by atoms with E-state index in [0.29, 0.717) is 0 Å². The lowest BCUT2D eigenvalue weighted by atomic mass is 10.2. The number of aryl methyl sites for hydroxylation is 2. The molecule has 0 unspecified atom stereocenters. The summed E-state index contributed by atoms with van der Waals surface area (Å²) in [5.41, 5.74) is 4.73. The fraction of sp³-hybridized carbons (Fsp3) is 0.188. The normalized spacial score (nSPS) is 11.4. The average molecular weight is 239 g/mol. The molecule has 0 bridgehead atoms. The van der Waals surface area contributed by atoms with Crippen LogP contribution in [0.4, 0.5) is 11.4 Å². The summed E-state index contributed by atoms with van der Waals surface area (Å²) >= 11 is 0. The van der Waals surface area contributed by atoms with E-state index in [1.54, 1.807) is 0 Å². The van der Waals surface area contributed by atoms with Gasteiger partial charge in [-0.2, -0.15) is 0 Å². The molecular weight excluding hydrogens is 220 g/mol. The molecule has 0 spiro atoms. The van der Waals surface area contributed by atoms with Crippen LogP contribution in [0, 0.1) is 13.8 Å². The van der Waals surface area contributed by atoms with Gasteiger partial charge in [0, 0.05) is 6.92 Å². The van der Waals surface area contributed by atoms with E-state index in [0.717, 1.165) is 17.2 Å². The molecule has 0 atom stereocenters. The number of nitrogens with one attached hydrogen (secondary N) is 2. The Morgan fingerprint density at radius 3 is 1.89 bits per heavy atom. The smallest absolute Gasteiger partial charge is 0.245 e. The molecule has 0 fully saturated rings. The maximum Gasteiger partial charge on any atom is 0.249 e. The summed E-state index contributed by atoms with van der Waals surface area (Å²) in [7, 11) is 0. The Morgan fingerprint density at radius 1 is 0.833 bits per heavy atom. The molecule has 2 nitrogen and oxygen atoms in total. The van der Waals surface area contributed by atoms with Crippen LogP contribution in [-0.2, 0) is 0 Å². The number of hydrogen-bond donors (Lipinski definition) is 2. The molecule has 0 saturated carbocycles. The van der Waals surface area contributed by atoms with Crippen molar-refractivity contribution < 1.29 is 4.99 Å². The second kappa shape index (κ2) is 5.50. The summed E-state index contributed by atoms with van der Waals surface area (Å²) in [6.07, 6.45) is 0. The van der Waals surface area contributed by atoms with Crippen molar-refractivity contribution in [3.63, 3.8) is 0 Å². The van der Waals surface area contributed by atoms with Crippen LogP contribution in [0.2, 0.25) is 0 Å². The molecule has 2 aromatic rings. The molecule has 0 aliphatic carbocycles. The topological polar surface area (TPSA) is 26.0 Å². The lowest BCUT2D eigenvalue weighted by Crippen LogP contribution is -2.67. The van der Waals surface area contributed by atoms with Gasteiger partial charge in [-0.25, -0.2) is 10.3 Å². The van der Waals surface area contributed by atoms with Gasteiger partial charge in [0.25, 0.3) is 0 Å². The third-order valence-electron chi connectivity index (χ3n) is 2.77. The van der Waals surface area contributed by atoms with Crippen molar-refractivity contribution in [2.24, 2.45) is 0 Å². The Labute approximate surface area is 108 Å². The van der Waals surface area contributed by atoms with E-state index in [1.807, 2.05) is 6.92 Å². The van der Waals surface area contributed by atoms with Gasteiger partial charge in [-0.3, -0.25) is 0 Å². The Bertz CT molecular complexity index is 536. The summed E-state index contributed by atoms with van der Waals surface area (Å²) in [6.45, 7) is 6.20. The minimum atomic E-state index is 1.02. The average Bonchev–Trinajstić information content (AvgIpc) is 2.35. The molecule has 2 rings (SSSR count). The minimum Gasteiger partial charge on any atom is -0.245 e. The fourth-order valence-electron chi connectivity index (χ4n) is 1.74. The van der Waals surface area contributed by atoms with E-state index in [4.69, 9.17) is 0 Å². The summed E-state index contributed by atoms with van der Waals surface area (Å²) in [6, 6.07) is 16.7. The van der Waals surface area contributed by atoms with E-state index in [1.165, 1.54) is 11.1 Å². The highest BCUT2D eigenvalue weighted by atomic mass is 15.0. The third kappa shape index (κ3) is 3.45. The molecular formula is C16H19N2+. The largest absolute Gasteiger partial charge is 0.249 e. The zero-order chi connectivity index (χ0) is 13.0. The first kappa shape index (κ1) is 12.4. The molecule has 18 heavy (non-hydrogen) atoms. The van der Waals surface area contributed by atoms with Gasteiger partial charge < -0.3 is 0 Å². The maximum atomic E-state index is 3.34. The van der Waals surface area contributed by atoms with Crippen LogP contribution in [0.1, 0.15) is 18.1 Å². The molecule has 0 aliphatic rings. The van der Waals surface area contributed by atoms with Crippen LogP contribution in [-0.4, -0.2) is 5.84 Å². The third-order valence-corrected chi connectivity index (χ3v) is 2.77. The van der Waals surface area contributed by atoms with E-state index in [9.17, 15) is 0 Å². The van der Waals surface area contributed by atoms with Crippen LogP contribution < -0.4 is 10.3 Å². The molecule has 2 N–H and O–H groups in total. The first-order chi connectivity index (χ1) is 8.63. The maximum absolute atomic E-state index is 3.34. The van der Waals surface area contributed by atoms with E-state index >= 15 is 0 Å². The van der Waals surface area contributed by atoms with Crippen LogP contribution in [0.25, 0.3) is 0 Å². The van der Waals surface area contributed by atoms with Crippen molar-refractivity contribution in [1.82, 2.24) is 0 Å². The number of benzene rings is 2. The van der Waals surface area contributed by atoms with Gasteiger partial charge in [0.1, 0.15) is 11.4 Å². The number of amidine groups is 1. The van der Waals surface area contributed by atoms with Gasteiger partial charge in [-0.1, -0.05) is 35.4 Å². The standard InChI is InChI=1S/C16H18N2/c1-12-4-8-15(9-5-12)17-14(3)18-16-10-6-13(2)7-11-16/h4-11H,1-3H3,(H,17,18)/p+1. The van der Waals surface area contributed by atoms with Gasteiger partial charge in [0.2, 0.25) is 5.84 Å². The molecule has 0 saturated heterocycles. The molecule has 2 aromatic carbocycles. The Kier molecular flexibility index (Phi) is 3.78. The predicted molar refractivity (Wildman–Crippen MR) is 77.3 cm³/mol. The first-order valence-corrected chi connectivity index (χ1v) is 6.14. The van der Waals surface area contributed by atoms with Crippen LogP contribution in [0.15, 0.2) is 48.5 Å². The number of anilines is 1. The molecule has 92 valence electrons. The predicted octanol–water partition coefficient (Wildman–Crippen LogP) is 2.55. The van der Waals surface area contributed by atoms with Gasteiger partial charge in [0.15, 0.2) is 0 Å². The molecule has 0 aromatic heterocycles. The van der Waals surface area contributed by atoms with Crippen molar-refractivity contribution >= 4 is 17.2 Å². The Morgan fingerprint density at radius 2 is 1.33 bits per heavy atom. The second-order valence-electron chi connectivity index (χ2n) is 4.61. The zero-order valence-electron chi connectivity index (χ0n) is 11.1. The quantitative estimate of drug-likeness (QED) is 0.611. The zero-order valence-corrected chi connectivity index (χ0v) is 11.1. The summed E-state index contributed by atoms with van der Waals surface area (Å²) in [4.78, 5) is 3.34. The highest BCUT2D eigenvalue weighted by molar-refractivity contribution is 5.89. The van der Waals surface area contributed by atoms with Crippen molar-refractivity contribution in [2.45, 2.75) is 20.8 Å².